The summed E-state index contributed by atoms with van der Waals surface area (Å²) in [5, 5.41) is 9.97. The summed E-state index contributed by atoms with van der Waals surface area (Å²) in [5.41, 5.74) is 4.47. The number of rotatable bonds is 8. The molecule has 1 N–H and O–H groups in total. The fourth-order valence-electron chi connectivity index (χ4n) is 4.66. The maximum absolute atomic E-state index is 13.3. The van der Waals surface area contributed by atoms with E-state index in [1.165, 1.54) is 16.0 Å². The lowest BCUT2D eigenvalue weighted by Crippen LogP contribution is -2.39. The van der Waals surface area contributed by atoms with Crippen LogP contribution >= 0.6 is 11.6 Å². The lowest BCUT2D eigenvalue weighted by atomic mass is 9.86. The molecule has 0 saturated carbocycles. The van der Waals surface area contributed by atoms with Gasteiger partial charge in [0.2, 0.25) is 0 Å². The van der Waals surface area contributed by atoms with E-state index in [0.717, 1.165) is 36.1 Å². The van der Waals surface area contributed by atoms with Crippen LogP contribution in [0.3, 0.4) is 0 Å². The Balaban J connectivity index is 1.48. The van der Waals surface area contributed by atoms with Gasteiger partial charge < -0.3 is 14.7 Å². The molecule has 3 aromatic carbocycles. The van der Waals surface area contributed by atoms with E-state index in [9.17, 15) is 14.7 Å². The molecule has 1 amide bonds. The summed E-state index contributed by atoms with van der Waals surface area (Å²) in [6.07, 6.45) is 2.42. The van der Waals surface area contributed by atoms with E-state index in [1.54, 1.807) is 30.3 Å². The van der Waals surface area contributed by atoms with Crippen molar-refractivity contribution in [2.24, 2.45) is 0 Å². The van der Waals surface area contributed by atoms with Crippen LogP contribution in [0.15, 0.2) is 66.7 Å². The highest BCUT2D eigenvalue weighted by molar-refractivity contribution is 6.30. The quantitative estimate of drug-likeness (QED) is 0.378. The first-order valence-electron chi connectivity index (χ1n) is 12.3. The molecule has 0 bridgehead atoms. The molecule has 1 heterocycles. The van der Waals surface area contributed by atoms with Gasteiger partial charge in [0.15, 0.2) is 0 Å². The molecular formula is C30H32ClNO4. The van der Waals surface area contributed by atoms with Crippen molar-refractivity contribution in [2.75, 3.05) is 6.54 Å². The van der Waals surface area contributed by atoms with Crippen molar-refractivity contribution in [1.82, 2.24) is 4.90 Å². The largest absolute Gasteiger partial charge is 0.487 e. The Morgan fingerprint density at radius 3 is 2.33 bits per heavy atom. The zero-order valence-corrected chi connectivity index (χ0v) is 21.7. The Morgan fingerprint density at radius 2 is 1.69 bits per heavy atom. The van der Waals surface area contributed by atoms with E-state index >= 15 is 0 Å². The fourth-order valence-corrected chi connectivity index (χ4v) is 4.78. The van der Waals surface area contributed by atoms with Crippen LogP contribution in [0, 0.1) is 0 Å². The summed E-state index contributed by atoms with van der Waals surface area (Å²) in [7, 11) is 0. The molecule has 3 aromatic rings. The second-order valence-corrected chi connectivity index (χ2v) is 10.6. The first kappa shape index (κ1) is 25.8. The first-order chi connectivity index (χ1) is 17.1. The van der Waals surface area contributed by atoms with Crippen molar-refractivity contribution in [3.8, 4) is 5.75 Å². The van der Waals surface area contributed by atoms with E-state index in [4.69, 9.17) is 16.3 Å². The predicted octanol–water partition coefficient (Wildman–Crippen LogP) is 6.52. The van der Waals surface area contributed by atoms with E-state index in [-0.39, 0.29) is 24.6 Å². The molecule has 1 atom stereocenters. The van der Waals surface area contributed by atoms with Gasteiger partial charge in [-0.1, -0.05) is 61.8 Å². The molecule has 0 saturated heterocycles. The summed E-state index contributed by atoms with van der Waals surface area (Å²) in [6.45, 7) is 6.31. The highest BCUT2D eigenvalue weighted by Gasteiger charge is 2.32. The van der Waals surface area contributed by atoms with Gasteiger partial charge in [0.25, 0.3) is 5.91 Å². The Hall–Kier alpha value is -3.31. The topological polar surface area (TPSA) is 66.8 Å². The number of hydrogen-bond acceptors (Lipinski definition) is 3. The number of halogens is 1. The molecule has 0 aliphatic carbocycles. The number of nitrogens with zero attached hydrogens (tertiary/aromatic N) is 1. The Kier molecular flexibility index (Phi) is 7.70. The average molecular weight is 506 g/mol. The van der Waals surface area contributed by atoms with Gasteiger partial charge in [-0.15, -0.1) is 0 Å². The third-order valence-electron chi connectivity index (χ3n) is 6.71. The molecule has 0 spiro atoms. The number of carbonyl (C=O) groups excluding carboxylic acids is 1. The van der Waals surface area contributed by atoms with Gasteiger partial charge >= 0.3 is 5.97 Å². The highest BCUT2D eigenvalue weighted by Crippen LogP contribution is 2.36. The lowest BCUT2D eigenvalue weighted by molar-refractivity contribution is -0.137. The van der Waals surface area contributed by atoms with Crippen molar-refractivity contribution >= 4 is 23.5 Å². The summed E-state index contributed by atoms with van der Waals surface area (Å²) in [5.74, 6) is -0.104. The number of aryl methyl sites for hydroxylation is 1. The predicted molar refractivity (Wildman–Crippen MR) is 142 cm³/mol. The van der Waals surface area contributed by atoms with E-state index in [2.05, 4.69) is 45.0 Å². The standard InChI is InChI=1S/C30H32ClNO4/c1-20(2)23-8-4-21(5-9-23)17-30(3)15-14-24-16-25(10-13-27(24)36-30)29(35)32(19-28(33)34)18-22-6-11-26(31)12-7-22/h4-13,16,20H,14-15,17-19H2,1-3H3,(H,33,34)/t30-/m1/s1. The van der Waals surface area contributed by atoms with E-state index in [1.807, 2.05) is 12.1 Å². The number of carbonyl (C=O) groups is 2. The molecule has 1 aliphatic heterocycles. The van der Waals surface area contributed by atoms with Gasteiger partial charge in [0.1, 0.15) is 17.9 Å². The average Bonchev–Trinajstić information content (AvgIpc) is 2.84. The second-order valence-electron chi connectivity index (χ2n) is 10.1. The van der Waals surface area contributed by atoms with Gasteiger partial charge in [-0.05, 0) is 78.3 Å². The van der Waals surface area contributed by atoms with Gasteiger partial charge in [0, 0.05) is 23.6 Å². The fraction of sp³-hybridized carbons (Fsp3) is 0.333. The maximum atomic E-state index is 13.3. The molecular weight excluding hydrogens is 474 g/mol. The number of hydrogen-bond donors (Lipinski definition) is 1. The van der Waals surface area contributed by atoms with E-state index < -0.39 is 5.97 Å². The van der Waals surface area contributed by atoms with Gasteiger partial charge in [0.05, 0.1) is 0 Å². The van der Waals surface area contributed by atoms with Gasteiger partial charge in [-0.3, -0.25) is 9.59 Å². The second kappa shape index (κ2) is 10.8. The van der Waals surface area contributed by atoms with Crippen LogP contribution in [-0.4, -0.2) is 34.0 Å². The maximum Gasteiger partial charge on any atom is 0.323 e. The first-order valence-corrected chi connectivity index (χ1v) is 12.7. The Bertz CT molecular complexity index is 1240. The number of carboxylic acids is 1. The third-order valence-corrected chi connectivity index (χ3v) is 6.96. The van der Waals surface area contributed by atoms with Crippen LogP contribution in [0.25, 0.3) is 0 Å². The summed E-state index contributed by atoms with van der Waals surface area (Å²) in [6, 6.07) is 21.2. The van der Waals surface area contributed by atoms with Crippen molar-refractivity contribution in [1.29, 1.82) is 0 Å². The van der Waals surface area contributed by atoms with Crippen molar-refractivity contribution in [3.05, 3.63) is 99.6 Å². The van der Waals surface area contributed by atoms with Crippen LogP contribution < -0.4 is 4.74 Å². The number of benzene rings is 3. The highest BCUT2D eigenvalue weighted by atomic mass is 35.5. The summed E-state index contributed by atoms with van der Waals surface area (Å²) >= 11 is 5.95. The number of fused-ring (bicyclic) bond motifs is 1. The molecule has 1 aliphatic rings. The zero-order chi connectivity index (χ0) is 25.9. The van der Waals surface area contributed by atoms with Crippen molar-refractivity contribution in [2.45, 2.75) is 58.1 Å². The minimum atomic E-state index is -1.06. The molecule has 0 unspecified atom stereocenters. The molecule has 5 nitrogen and oxygen atoms in total. The number of carboxylic acid groups (broad SMARTS) is 1. The van der Waals surface area contributed by atoms with Crippen LogP contribution in [0.2, 0.25) is 5.02 Å². The third kappa shape index (κ3) is 6.27. The molecule has 0 aromatic heterocycles. The Morgan fingerprint density at radius 1 is 1.03 bits per heavy atom. The molecule has 36 heavy (non-hydrogen) atoms. The van der Waals surface area contributed by atoms with Gasteiger partial charge in [-0.2, -0.15) is 0 Å². The normalized spacial score (nSPS) is 16.8. The van der Waals surface area contributed by atoms with Crippen LogP contribution in [0.4, 0.5) is 0 Å². The van der Waals surface area contributed by atoms with Crippen LogP contribution in [-0.2, 0) is 24.2 Å². The molecule has 0 fully saturated rings. The minimum Gasteiger partial charge on any atom is -0.487 e. The smallest absolute Gasteiger partial charge is 0.323 e. The Labute approximate surface area is 217 Å². The van der Waals surface area contributed by atoms with Gasteiger partial charge in [-0.25, -0.2) is 0 Å². The van der Waals surface area contributed by atoms with Crippen molar-refractivity contribution in [3.63, 3.8) is 0 Å². The molecule has 0 radical (unpaired) electrons. The lowest BCUT2D eigenvalue weighted by Gasteiger charge is -2.36. The summed E-state index contributed by atoms with van der Waals surface area (Å²) in [4.78, 5) is 26.1. The minimum absolute atomic E-state index is 0.184. The number of aliphatic carboxylic acids is 1. The number of ether oxygens (including phenoxy) is 1. The number of amides is 1. The van der Waals surface area contributed by atoms with E-state index in [0.29, 0.717) is 16.5 Å². The zero-order valence-electron chi connectivity index (χ0n) is 21.0. The summed E-state index contributed by atoms with van der Waals surface area (Å²) < 4.78 is 6.44. The van der Waals surface area contributed by atoms with Crippen LogP contribution in [0.1, 0.15) is 65.7 Å². The molecule has 4 rings (SSSR count). The molecule has 6 heteroatoms. The SMILES string of the molecule is CC(C)c1ccc(C[C@@]2(C)CCc3cc(C(=O)N(CC(=O)O)Cc4ccc(Cl)cc4)ccc3O2)cc1. The monoisotopic (exact) mass is 505 g/mol. The molecule has 188 valence electrons. The van der Waals surface area contributed by atoms with Crippen molar-refractivity contribution < 1.29 is 19.4 Å². The van der Waals surface area contributed by atoms with Crippen LogP contribution in [0.5, 0.6) is 5.75 Å².